The molecule has 3 atom stereocenters. The number of carboxylic acids is 1. The van der Waals surface area contributed by atoms with Gasteiger partial charge in [-0.1, -0.05) is 20.8 Å². The number of carbonyl (C=O) groups is 2. The molecule has 1 saturated heterocycles. The van der Waals surface area contributed by atoms with Gasteiger partial charge in [-0.2, -0.15) is 0 Å². The molecule has 1 aliphatic heterocycles. The molecule has 0 aromatic rings. The van der Waals surface area contributed by atoms with Crippen LogP contribution < -0.4 is 5.32 Å². The highest BCUT2D eigenvalue weighted by molar-refractivity contribution is 5.99. The van der Waals surface area contributed by atoms with Gasteiger partial charge in [-0.25, -0.2) is 4.79 Å². The molecule has 0 aliphatic carbocycles. The first-order valence-corrected chi connectivity index (χ1v) is 6.92. The summed E-state index contributed by atoms with van der Waals surface area (Å²) in [5.41, 5.74) is -0.704. The Morgan fingerprint density at radius 2 is 1.89 bits per heavy atom. The summed E-state index contributed by atoms with van der Waals surface area (Å²) in [6.07, 6.45) is 0. The summed E-state index contributed by atoms with van der Waals surface area (Å²) in [5, 5.41) is 11.6. The minimum atomic E-state index is -0.974. The molecular formula is C12H23NO4Si. The van der Waals surface area contributed by atoms with E-state index in [-0.39, 0.29) is 17.2 Å². The maximum absolute atomic E-state index is 11.8. The van der Waals surface area contributed by atoms with E-state index in [1.807, 2.05) is 34.6 Å². The molecule has 0 radical (unpaired) electrons. The fourth-order valence-corrected chi connectivity index (χ4v) is 3.35. The van der Waals surface area contributed by atoms with Crippen LogP contribution in [0.2, 0.25) is 0 Å². The minimum Gasteiger partial charge on any atom is -0.480 e. The van der Waals surface area contributed by atoms with Crippen LogP contribution in [-0.4, -0.2) is 39.1 Å². The Hall–Kier alpha value is -0.883. The van der Waals surface area contributed by atoms with E-state index in [9.17, 15) is 9.59 Å². The summed E-state index contributed by atoms with van der Waals surface area (Å²) in [5.74, 6) is -1.82. The number of rotatable bonds is 4. The molecule has 5 nitrogen and oxygen atoms in total. The summed E-state index contributed by atoms with van der Waals surface area (Å²) >= 11 is 0. The van der Waals surface area contributed by atoms with Crippen LogP contribution in [0.5, 0.6) is 0 Å². The normalized spacial score (nSPS) is 26.4. The smallest absolute Gasteiger partial charge is 0.327 e. The quantitative estimate of drug-likeness (QED) is 0.555. The van der Waals surface area contributed by atoms with E-state index < -0.39 is 23.5 Å². The third-order valence-corrected chi connectivity index (χ3v) is 4.85. The number of amides is 1. The Morgan fingerprint density at radius 3 is 2.17 bits per heavy atom. The molecule has 0 bridgehead atoms. The molecule has 1 fully saturated rings. The average molecular weight is 273 g/mol. The standard InChI is InChI=1S/C12H23NO4Si/c1-11(2,3)8(12(4,5)17-18)6-7(10(15)16)13-9(6)14/h6-8H,1-5,18H3,(H,13,14)(H,15,16). The van der Waals surface area contributed by atoms with E-state index in [0.29, 0.717) is 10.5 Å². The van der Waals surface area contributed by atoms with Gasteiger partial charge in [-0.3, -0.25) is 4.79 Å². The van der Waals surface area contributed by atoms with Crippen molar-refractivity contribution in [2.24, 2.45) is 17.3 Å². The van der Waals surface area contributed by atoms with Gasteiger partial charge in [0.25, 0.3) is 0 Å². The molecule has 1 amide bonds. The Labute approximate surface area is 111 Å². The van der Waals surface area contributed by atoms with Crippen molar-refractivity contribution < 1.29 is 19.1 Å². The second-order valence-electron chi connectivity index (χ2n) is 6.50. The van der Waals surface area contributed by atoms with Crippen molar-refractivity contribution >= 4 is 22.4 Å². The van der Waals surface area contributed by atoms with Crippen molar-refractivity contribution in [1.29, 1.82) is 0 Å². The van der Waals surface area contributed by atoms with Gasteiger partial charge >= 0.3 is 5.97 Å². The van der Waals surface area contributed by atoms with Crippen LogP contribution in [0.25, 0.3) is 0 Å². The van der Waals surface area contributed by atoms with Crippen LogP contribution in [0.3, 0.4) is 0 Å². The zero-order valence-corrected chi connectivity index (χ0v) is 13.9. The Kier molecular flexibility index (Phi) is 3.93. The first kappa shape index (κ1) is 15.2. The van der Waals surface area contributed by atoms with Crippen molar-refractivity contribution in [3.05, 3.63) is 0 Å². The largest absolute Gasteiger partial charge is 0.480 e. The van der Waals surface area contributed by atoms with Gasteiger partial charge in [0, 0.05) is 5.92 Å². The maximum atomic E-state index is 11.8. The highest BCUT2D eigenvalue weighted by atomic mass is 28.2. The monoisotopic (exact) mass is 273 g/mol. The molecule has 2 N–H and O–H groups in total. The van der Waals surface area contributed by atoms with Gasteiger partial charge in [-0.15, -0.1) is 0 Å². The van der Waals surface area contributed by atoms with Crippen LogP contribution in [0.1, 0.15) is 34.6 Å². The number of carbonyl (C=O) groups excluding carboxylic acids is 1. The first-order chi connectivity index (χ1) is 8.02. The van der Waals surface area contributed by atoms with Crippen molar-refractivity contribution in [3.8, 4) is 0 Å². The fourth-order valence-electron chi connectivity index (χ4n) is 3.09. The van der Waals surface area contributed by atoms with E-state index in [0.717, 1.165) is 0 Å². The second kappa shape index (κ2) is 4.66. The van der Waals surface area contributed by atoms with Crippen LogP contribution >= 0.6 is 0 Å². The molecule has 1 rings (SSSR count). The molecule has 18 heavy (non-hydrogen) atoms. The lowest BCUT2D eigenvalue weighted by molar-refractivity contribution is -0.163. The Balaban J connectivity index is 3.12. The van der Waals surface area contributed by atoms with E-state index in [1.54, 1.807) is 0 Å². The highest BCUT2D eigenvalue weighted by Crippen LogP contribution is 2.45. The zero-order valence-electron chi connectivity index (χ0n) is 11.9. The molecule has 1 heterocycles. The third-order valence-electron chi connectivity index (χ3n) is 3.79. The van der Waals surface area contributed by atoms with Crippen molar-refractivity contribution in [3.63, 3.8) is 0 Å². The molecule has 6 heteroatoms. The zero-order chi connectivity index (χ0) is 14.3. The van der Waals surface area contributed by atoms with Crippen molar-refractivity contribution in [2.75, 3.05) is 0 Å². The Bertz CT molecular complexity index is 362. The lowest BCUT2D eigenvalue weighted by Gasteiger charge is -2.51. The summed E-state index contributed by atoms with van der Waals surface area (Å²) in [6.45, 7) is 9.92. The summed E-state index contributed by atoms with van der Waals surface area (Å²) in [7, 11) is 0.555. The van der Waals surface area contributed by atoms with E-state index in [2.05, 4.69) is 5.32 Å². The maximum Gasteiger partial charge on any atom is 0.327 e. The summed E-state index contributed by atoms with van der Waals surface area (Å²) < 4.78 is 5.63. The van der Waals surface area contributed by atoms with Crippen molar-refractivity contribution in [1.82, 2.24) is 5.32 Å². The number of hydrogen-bond donors (Lipinski definition) is 2. The number of hydrogen-bond acceptors (Lipinski definition) is 3. The fraction of sp³-hybridized carbons (Fsp3) is 0.833. The van der Waals surface area contributed by atoms with Crippen LogP contribution in [-0.2, 0) is 14.0 Å². The van der Waals surface area contributed by atoms with Gasteiger partial charge < -0.3 is 14.8 Å². The van der Waals surface area contributed by atoms with Crippen LogP contribution in [0.15, 0.2) is 0 Å². The van der Waals surface area contributed by atoms with Gasteiger partial charge in [0.05, 0.1) is 11.5 Å². The second-order valence-corrected chi connectivity index (χ2v) is 6.91. The Morgan fingerprint density at radius 1 is 1.39 bits per heavy atom. The van der Waals surface area contributed by atoms with Gasteiger partial charge in [0.2, 0.25) is 5.91 Å². The van der Waals surface area contributed by atoms with E-state index in [1.165, 1.54) is 0 Å². The number of nitrogens with one attached hydrogen (secondary N) is 1. The number of carboxylic acid groups (broad SMARTS) is 1. The molecule has 1 aliphatic rings. The number of β-lactam (4-membered cyclic amide) rings is 1. The molecule has 3 unspecified atom stereocenters. The van der Waals surface area contributed by atoms with E-state index >= 15 is 0 Å². The van der Waals surface area contributed by atoms with Crippen LogP contribution in [0, 0.1) is 17.3 Å². The lowest BCUT2D eigenvalue weighted by atomic mass is 9.61. The SMILES string of the molecule is CC(C)(C)C(C1C(=O)NC1C(=O)O)C(C)(C)O[SiH3]. The topological polar surface area (TPSA) is 75.6 Å². The minimum absolute atomic E-state index is 0.141. The predicted molar refractivity (Wildman–Crippen MR) is 71.1 cm³/mol. The highest BCUT2D eigenvalue weighted by Gasteiger charge is 2.56. The van der Waals surface area contributed by atoms with Gasteiger partial charge in [0.1, 0.15) is 16.5 Å². The molecule has 0 saturated carbocycles. The van der Waals surface area contributed by atoms with Crippen molar-refractivity contribution in [2.45, 2.75) is 46.3 Å². The molecule has 0 aromatic carbocycles. The lowest BCUT2D eigenvalue weighted by Crippen LogP contribution is -2.68. The summed E-state index contributed by atoms with van der Waals surface area (Å²) in [4.78, 5) is 22.9. The number of aliphatic carboxylic acids is 1. The molecular weight excluding hydrogens is 250 g/mol. The molecule has 104 valence electrons. The molecule has 0 aromatic heterocycles. The first-order valence-electron chi connectivity index (χ1n) is 6.10. The van der Waals surface area contributed by atoms with Gasteiger partial charge in [-0.05, 0) is 19.3 Å². The summed E-state index contributed by atoms with van der Waals surface area (Å²) in [6, 6.07) is -0.794. The molecule has 0 spiro atoms. The predicted octanol–water partition coefficient (Wildman–Crippen LogP) is -0.0765. The van der Waals surface area contributed by atoms with Crippen LogP contribution in [0.4, 0.5) is 0 Å². The average Bonchev–Trinajstić information content (AvgIpc) is 2.19. The van der Waals surface area contributed by atoms with Gasteiger partial charge in [0.15, 0.2) is 0 Å². The van der Waals surface area contributed by atoms with E-state index in [4.69, 9.17) is 9.53 Å². The third kappa shape index (κ3) is 2.59.